The molecular weight excluding hydrogens is 465 g/mol. The Labute approximate surface area is 206 Å². The summed E-state index contributed by atoms with van der Waals surface area (Å²) in [6.45, 7) is 1.08. The molecule has 35 heavy (non-hydrogen) atoms. The van der Waals surface area contributed by atoms with Crippen molar-refractivity contribution >= 4 is 17.7 Å². The van der Waals surface area contributed by atoms with E-state index >= 15 is 0 Å². The fourth-order valence-corrected chi connectivity index (χ4v) is 5.42. The number of benzene rings is 2. The van der Waals surface area contributed by atoms with Gasteiger partial charge in [-0.2, -0.15) is 4.68 Å². The van der Waals surface area contributed by atoms with Crippen LogP contribution in [-0.4, -0.2) is 42.9 Å². The Hall–Kier alpha value is -3.46. The predicted molar refractivity (Wildman–Crippen MR) is 133 cm³/mol. The fraction of sp³-hybridized carbons (Fsp3) is 0.308. The smallest absolute Gasteiger partial charge is 0.284 e. The van der Waals surface area contributed by atoms with Gasteiger partial charge in [-0.15, -0.1) is 5.10 Å². The van der Waals surface area contributed by atoms with Crippen LogP contribution in [0, 0.1) is 5.82 Å². The lowest BCUT2D eigenvalue weighted by molar-refractivity contribution is -0.127. The Morgan fingerprint density at radius 1 is 1.11 bits per heavy atom. The molecular formula is C26H26FN5O2S. The van der Waals surface area contributed by atoms with Crippen molar-refractivity contribution in [2.75, 3.05) is 12.8 Å². The van der Waals surface area contributed by atoms with Crippen molar-refractivity contribution < 1.29 is 9.18 Å². The maximum atomic E-state index is 13.5. The number of aromatic nitrogens is 4. The van der Waals surface area contributed by atoms with E-state index in [1.807, 2.05) is 30.3 Å². The number of carbonyl (C=O) groups is 1. The van der Waals surface area contributed by atoms with Gasteiger partial charge >= 0.3 is 0 Å². The first kappa shape index (κ1) is 23.3. The summed E-state index contributed by atoms with van der Waals surface area (Å²) in [5.41, 5.74) is 2.79. The molecule has 0 radical (unpaired) electrons. The van der Waals surface area contributed by atoms with Gasteiger partial charge in [-0.25, -0.2) is 9.37 Å². The monoisotopic (exact) mass is 491 g/mol. The molecule has 0 atom stereocenters. The van der Waals surface area contributed by atoms with Crippen molar-refractivity contribution in [3.05, 3.63) is 82.0 Å². The van der Waals surface area contributed by atoms with Crippen LogP contribution in [0.2, 0.25) is 0 Å². The molecule has 0 N–H and O–H groups in total. The normalized spacial score (nSPS) is 13.4. The molecule has 3 aliphatic heterocycles. The number of thioether (sulfide) groups is 1. The molecule has 9 heteroatoms. The van der Waals surface area contributed by atoms with E-state index in [1.54, 1.807) is 24.1 Å². The topological polar surface area (TPSA) is 73.0 Å². The van der Waals surface area contributed by atoms with E-state index in [4.69, 9.17) is 4.98 Å². The Morgan fingerprint density at radius 2 is 1.94 bits per heavy atom. The van der Waals surface area contributed by atoms with E-state index in [9.17, 15) is 14.0 Å². The van der Waals surface area contributed by atoms with Crippen molar-refractivity contribution in [2.24, 2.45) is 0 Å². The summed E-state index contributed by atoms with van der Waals surface area (Å²) >= 11 is 1.36. The fourth-order valence-electron chi connectivity index (χ4n) is 4.44. The highest BCUT2D eigenvalue weighted by molar-refractivity contribution is 7.99. The maximum absolute atomic E-state index is 13.5. The summed E-state index contributed by atoms with van der Waals surface area (Å²) in [7, 11) is 1.71. The summed E-state index contributed by atoms with van der Waals surface area (Å²) in [6, 6.07) is 15.6. The molecule has 0 saturated carbocycles. The van der Waals surface area contributed by atoms with Gasteiger partial charge in [0.05, 0.1) is 11.4 Å². The second-order valence-electron chi connectivity index (χ2n) is 8.72. The Bertz CT molecular complexity index is 1380. The third kappa shape index (κ3) is 4.86. The standard InChI is InChI=1S/C26H26FN5O2S/c1-30(16-18-9-8-10-19(27)15-18)22(33)17-35-26-28-24-23(21-13-6-3-7-14-31(21)26)25(34)32(29-24)20-11-4-2-5-12-20/h2,4-5,8-12,15H,3,6-7,13-14,16-17H2,1H3. The molecule has 2 aromatic rings. The SMILES string of the molecule is CN(Cc1cccc(F)c1)C(=O)CSc1nc2nn(-c3ccccc3)c(=O)c-2c2n1CCCCC2. The molecule has 1 amide bonds. The molecule has 0 fully saturated rings. The van der Waals surface area contributed by atoms with Gasteiger partial charge in [0.25, 0.3) is 5.56 Å². The Morgan fingerprint density at radius 3 is 2.74 bits per heavy atom. The molecule has 180 valence electrons. The zero-order chi connectivity index (χ0) is 24.4. The molecule has 0 unspecified atom stereocenters. The minimum Gasteiger partial charge on any atom is -0.341 e. The van der Waals surface area contributed by atoms with Gasteiger partial charge in [-0.1, -0.05) is 48.5 Å². The van der Waals surface area contributed by atoms with Gasteiger partial charge in [-0.05, 0) is 49.1 Å². The van der Waals surface area contributed by atoms with Crippen molar-refractivity contribution in [3.63, 3.8) is 0 Å². The highest BCUT2D eigenvalue weighted by Crippen LogP contribution is 2.30. The van der Waals surface area contributed by atoms with E-state index in [0.717, 1.165) is 43.5 Å². The number of hydrogen-bond acceptors (Lipinski definition) is 5. The molecule has 3 heterocycles. The van der Waals surface area contributed by atoms with Crippen LogP contribution in [0.4, 0.5) is 4.39 Å². The summed E-state index contributed by atoms with van der Waals surface area (Å²) in [4.78, 5) is 32.5. The third-order valence-electron chi connectivity index (χ3n) is 6.23. The first-order chi connectivity index (χ1) is 17.0. The van der Waals surface area contributed by atoms with Gasteiger partial charge in [0.2, 0.25) is 5.91 Å². The van der Waals surface area contributed by atoms with Gasteiger partial charge in [0, 0.05) is 25.8 Å². The van der Waals surface area contributed by atoms with Crippen molar-refractivity contribution in [1.82, 2.24) is 24.2 Å². The van der Waals surface area contributed by atoms with Gasteiger partial charge in [0.1, 0.15) is 11.4 Å². The van der Waals surface area contributed by atoms with E-state index in [-0.39, 0.29) is 23.0 Å². The third-order valence-corrected chi connectivity index (χ3v) is 7.19. The molecule has 7 nitrogen and oxygen atoms in total. The highest BCUT2D eigenvalue weighted by Gasteiger charge is 2.27. The predicted octanol–water partition coefficient (Wildman–Crippen LogP) is 4.15. The summed E-state index contributed by atoms with van der Waals surface area (Å²) in [6.07, 6.45) is 3.83. The largest absolute Gasteiger partial charge is 0.341 e. The van der Waals surface area contributed by atoms with Crippen molar-refractivity contribution in [3.8, 4) is 17.1 Å². The molecule has 0 bridgehead atoms. The number of hydrogen-bond donors (Lipinski definition) is 0. The molecule has 2 aromatic carbocycles. The van der Waals surface area contributed by atoms with E-state index in [0.29, 0.717) is 28.8 Å². The van der Waals surface area contributed by atoms with E-state index < -0.39 is 0 Å². The van der Waals surface area contributed by atoms with Gasteiger partial charge in [0.15, 0.2) is 11.0 Å². The molecule has 0 spiro atoms. The summed E-state index contributed by atoms with van der Waals surface area (Å²) < 4.78 is 17.0. The molecule has 0 aromatic heterocycles. The first-order valence-corrected chi connectivity index (χ1v) is 12.7. The second kappa shape index (κ2) is 10.0. The molecule has 0 saturated heterocycles. The maximum Gasteiger partial charge on any atom is 0.284 e. The lowest BCUT2D eigenvalue weighted by atomic mass is 10.1. The Kier molecular flexibility index (Phi) is 6.68. The van der Waals surface area contributed by atoms with Crippen LogP contribution < -0.4 is 5.56 Å². The highest BCUT2D eigenvalue weighted by atomic mass is 32.2. The van der Waals surface area contributed by atoms with Crippen LogP contribution in [0.3, 0.4) is 0 Å². The average molecular weight is 492 g/mol. The number of fused-ring (bicyclic) bond motifs is 3. The summed E-state index contributed by atoms with van der Waals surface area (Å²) in [5.74, 6) is 0.202. The number of halogens is 1. The number of nitrogens with zero attached hydrogens (tertiary/aromatic N) is 5. The zero-order valence-electron chi connectivity index (χ0n) is 19.5. The number of carbonyl (C=O) groups excluding carboxylic acids is 1. The molecule has 5 rings (SSSR count). The minimum atomic E-state index is -0.318. The van der Waals surface area contributed by atoms with Crippen molar-refractivity contribution in [1.29, 1.82) is 0 Å². The lowest BCUT2D eigenvalue weighted by Crippen LogP contribution is -2.28. The van der Waals surface area contributed by atoms with Crippen LogP contribution in [0.1, 0.15) is 30.5 Å². The van der Waals surface area contributed by atoms with E-state index in [1.165, 1.54) is 28.6 Å². The molecule has 0 aliphatic carbocycles. The molecule has 3 aliphatic rings. The van der Waals surface area contributed by atoms with Crippen LogP contribution in [0.15, 0.2) is 64.5 Å². The number of rotatable bonds is 6. The average Bonchev–Trinajstić information content (AvgIpc) is 3.02. The number of para-hydroxylation sites is 1. The van der Waals surface area contributed by atoms with Crippen molar-refractivity contribution in [2.45, 2.75) is 43.9 Å². The van der Waals surface area contributed by atoms with Crippen LogP contribution in [0.25, 0.3) is 17.1 Å². The van der Waals surface area contributed by atoms with Crippen LogP contribution in [0.5, 0.6) is 0 Å². The summed E-state index contributed by atoms with van der Waals surface area (Å²) in [5, 5.41) is 5.24. The number of amides is 1. The van der Waals surface area contributed by atoms with Crippen LogP contribution in [-0.2, 0) is 24.3 Å². The second-order valence-corrected chi connectivity index (χ2v) is 9.67. The van der Waals surface area contributed by atoms with E-state index in [2.05, 4.69) is 9.67 Å². The van der Waals surface area contributed by atoms with Crippen LogP contribution >= 0.6 is 11.8 Å². The minimum absolute atomic E-state index is 0.0801. The Balaban J connectivity index is 1.44. The van der Waals surface area contributed by atoms with Gasteiger partial charge in [-0.3, -0.25) is 9.59 Å². The lowest BCUT2D eigenvalue weighted by Gasteiger charge is -2.20. The quantitative estimate of drug-likeness (QED) is 0.299. The van der Waals surface area contributed by atoms with Gasteiger partial charge < -0.3 is 9.47 Å². The first-order valence-electron chi connectivity index (χ1n) is 11.7. The zero-order valence-corrected chi connectivity index (χ0v) is 20.3.